The zero-order chi connectivity index (χ0) is 12.5. The molecule has 0 saturated heterocycles. The van der Waals surface area contributed by atoms with Gasteiger partial charge in [-0.05, 0) is 17.7 Å². The number of rotatable bonds is 1. The Bertz CT molecular complexity index is 406. The Morgan fingerprint density at radius 3 is 2.41 bits per heavy atom. The van der Waals surface area contributed by atoms with Crippen molar-refractivity contribution in [1.82, 2.24) is 0 Å². The minimum absolute atomic E-state index is 0.0262. The molecule has 0 saturated carbocycles. The quantitative estimate of drug-likeness (QED) is 0.828. The highest BCUT2D eigenvalue weighted by atomic mass is 19.4. The van der Waals surface area contributed by atoms with Crippen molar-refractivity contribution < 1.29 is 22.6 Å². The molecule has 2 rings (SSSR count). The maximum Gasteiger partial charge on any atom is 0.407 e. The Morgan fingerprint density at radius 1 is 1.12 bits per heavy atom. The maximum atomic E-state index is 12.5. The van der Waals surface area contributed by atoms with Crippen molar-refractivity contribution in [2.24, 2.45) is 5.73 Å². The van der Waals surface area contributed by atoms with Crippen LogP contribution in [0.4, 0.5) is 13.2 Å². The van der Waals surface area contributed by atoms with E-state index in [4.69, 9.17) is 15.2 Å². The number of hydrogen-bond donors (Lipinski definition) is 1. The van der Waals surface area contributed by atoms with Gasteiger partial charge in [0.05, 0.1) is 13.2 Å². The zero-order valence-corrected chi connectivity index (χ0v) is 8.96. The van der Waals surface area contributed by atoms with Crippen molar-refractivity contribution in [2.75, 3.05) is 13.2 Å². The number of halogens is 3. The summed E-state index contributed by atoms with van der Waals surface area (Å²) in [7, 11) is 0. The standard InChI is InChI=1S/C11H12F3NO2/c12-11(13,14)10(15)7-2-3-8-9(6-7)17-5-1-4-16-8/h2-3,6,10H,1,4-5,15H2. The van der Waals surface area contributed by atoms with Crippen LogP contribution in [0.1, 0.15) is 18.0 Å². The summed E-state index contributed by atoms with van der Waals surface area (Å²) >= 11 is 0. The molecule has 0 radical (unpaired) electrons. The fraction of sp³-hybridized carbons (Fsp3) is 0.455. The number of fused-ring (bicyclic) bond motifs is 1. The molecule has 0 fully saturated rings. The summed E-state index contributed by atoms with van der Waals surface area (Å²) in [5.41, 5.74) is 5.10. The normalized spacial score (nSPS) is 17.4. The van der Waals surface area contributed by atoms with Crippen LogP contribution in [0.15, 0.2) is 18.2 Å². The number of ether oxygens (including phenoxy) is 2. The van der Waals surface area contributed by atoms with E-state index in [2.05, 4.69) is 0 Å². The Balaban J connectivity index is 2.29. The third-order valence-electron chi connectivity index (χ3n) is 2.48. The molecule has 0 aliphatic carbocycles. The van der Waals surface area contributed by atoms with E-state index in [1.807, 2.05) is 0 Å². The Hall–Kier alpha value is -1.43. The largest absolute Gasteiger partial charge is 0.490 e. The molecular weight excluding hydrogens is 235 g/mol. The predicted octanol–water partition coefficient (Wildman–Crippen LogP) is 2.41. The van der Waals surface area contributed by atoms with Crippen molar-refractivity contribution in [3.63, 3.8) is 0 Å². The van der Waals surface area contributed by atoms with E-state index in [9.17, 15) is 13.2 Å². The Labute approximate surface area is 96.3 Å². The van der Waals surface area contributed by atoms with Crippen molar-refractivity contribution in [3.8, 4) is 11.5 Å². The second-order valence-corrected chi connectivity index (χ2v) is 3.78. The monoisotopic (exact) mass is 247 g/mol. The summed E-state index contributed by atoms with van der Waals surface area (Å²) < 4.78 is 48.0. The number of benzene rings is 1. The van der Waals surface area contributed by atoms with Gasteiger partial charge in [-0.1, -0.05) is 6.07 Å². The van der Waals surface area contributed by atoms with Gasteiger partial charge in [-0.3, -0.25) is 0 Å². The third kappa shape index (κ3) is 2.63. The number of alkyl halides is 3. The molecule has 2 N–H and O–H groups in total. The number of hydrogen-bond acceptors (Lipinski definition) is 3. The van der Waals surface area contributed by atoms with Crippen molar-refractivity contribution in [1.29, 1.82) is 0 Å². The molecule has 0 amide bonds. The molecule has 0 aromatic heterocycles. The van der Waals surface area contributed by atoms with Gasteiger partial charge in [0, 0.05) is 6.42 Å². The van der Waals surface area contributed by atoms with Crippen LogP contribution in [0.25, 0.3) is 0 Å². The first kappa shape index (κ1) is 12.0. The van der Waals surface area contributed by atoms with Crippen molar-refractivity contribution in [2.45, 2.75) is 18.6 Å². The molecule has 1 aromatic carbocycles. The van der Waals surface area contributed by atoms with Crippen molar-refractivity contribution >= 4 is 0 Å². The fourth-order valence-electron chi connectivity index (χ4n) is 1.56. The molecule has 3 nitrogen and oxygen atoms in total. The summed E-state index contributed by atoms with van der Waals surface area (Å²) in [4.78, 5) is 0. The van der Waals surface area contributed by atoms with Gasteiger partial charge < -0.3 is 15.2 Å². The highest BCUT2D eigenvalue weighted by molar-refractivity contribution is 5.44. The van der Waals surface area contributed by atoms with Crippen LogP contribution < -0.4 is 15.2 Å². The summed E-state index contributed by atoms with van der Waals surface area (Å²) in [6.07, 6.45) is -3.75. The third-order valence-corrected chi connectivity index (χ3v) is 2.48. The van der Waals surface area contributed by atoms with Crippen LogP contribution in [0.3, 0.4) is 0 Å². The first-order chi connectivity index (χ1) is 7.98. The highest BCUT2D eigenvalue weighted by Gasteiger charge is 2.38. The SMILES string of the molecule is NC(c1ccc2c(c1)OCCCO2)C(F)(F)F. The van der Waals surface area contributed by atoms with E-state index < -0.39 is 12.2 Å². The van der Waals surface area contributed by atoms with Gasteiger partial charge in [0.25, 0.3) is 0 Å². The Kier molecular flexibility index (Phi) is 3.15. The lowest BCUT2D eigenvalue weighted by Gasteiger charge is -2.17. The summed E-state index contributed by atoms with van der Waals surface area (Å²) in [5, 5.41) is 0. The lowest BCUT2D eigenvalue weighted by atomic mass is 10.1. The van der Waals surface area contributed by atoms with E-state index in [0.29, 0.717) is 31.1 Å². The van der Waals surface area contributed by atoms with Crippen LogP contribution in [0.2, 0.25) is 0 Å². The van der Waals surface area contributed by atoms with E-state index in [-0.39, 0.29) is 5.56 Å². The second kappa shape index (κ2) is 4.44. The number of nitrogens with two attached hydrogens (primary N) is 1. The fourth-order valence-corrected chi connectivity index (χ4v) is 1.56. The topological polar surface area (TPSA) is 44.5 Å². The van der Waals surface area contributed by atoms with Gasteiger partial charge in [0.2, 0.25) is 0 Å². The van der Waals surface area contributed by atoms with Crippen molar-refractivity contribution in [3.05, 3.63) is 23.8 Å². The molecular formula is C11H12F3NO2. The molecule has 1 heterocycles. The predicted molar refractivity (Wildman–Crippen MR) is 55.0 cm³/mol. The van der Waals surface area contributed by atoms with Gasteiger partial charge in [-0.2, -0.15) is 13.2 Å². The second-order valence-electron chi connectivity index (χ2n) is 3.78. The lowest BCUT2D eigenvalue weighted by Crippen LogP contribution is -2.28. The molecule has 0 bridgehead atoms. The average molecular weight is 247 g/mol. The summed E-state index contributed by atoms with van der Waals surface area (Å²) in [6.45, 7) is 0.926. The zero-order valence-electron chi connectivity index (χ0n) is 8.96. The van der Waals surface area contributed by atoms with Gasteiger partial charge in [0.15, 0.2) is 11.5 Å². The van der Waals surface area contributed by atoms with Crippen LogP contribution in [0, 0.1) is 0 Å². The highest BCUT2D eigenvalue weighted by Crippen LogP contribution is 2.36. The summed E-state index contributed by atoms with van der Waals surface area (Å²) in [5.74, 6) is 0.778. The van der Waals surface area contributed by atoms with E-state index in [1.54, 1.807) is 0 Å². The Morgan fingerprint density at radius 2 is 1.76 bits per heavy atom. The first-order valence-corrected chi connectivity index (χ1v) is 5.20. The van der Waals surface area contributed by atoms with E-state index >= 15 is 0 Å². The van der Waals surface area contributed by atoms with Crippen LogP contribution in [-0.2, 0) is 0 Å². The molecule has 1 aliphatic heterocycles. The van der Waals surface area contributed by atoms with Gasteiger partial charge >= 0.3 is 6.18 Å². The van der Waals surface area contributed by atoms with Crippen LogP contribution >= 0.6 is 0 Å². The minimum atomic E-state index is -4.46. The average Bonchev–Trinajstić information content (AvgIpc) is 2.50. The van der Waals surface area contributed by atoms with Crippen LogP contribution in [0.5, 0.6) is 11.5 Å². The van der Waals surface area contributed by atoms with E-state index in [1.165, 1.54) is 18.2 Å². The van der Waals surface area contributed by atoms with Gasteiger partial charge in [-0.25, -0.2) is 0 Å². The molecule has 1 aromatic rings. The lowest BCUT2D eigenvalue weighted by molar-refractivity contribution is -0.149. The van der Waals surface area contributed by atoms with Gasteiger partial charge in [0.1, 0.15) is 6.04 Å². The summed E-state index contributed by atoms with van der Waals surface area (Å²) in [6, 6.07) is 2.06. The minimum Gasteiger partial charge on any atom is -0.490 e. The molecule has 17 heavy (non-hydrogen) atoms. The molecule has 94 valence electrons. The van der Waals surface area contributed by atoms with Crippen LogP contribution in [-0.4, -0.2) is 19.4 Å². The molecule has 0 spiro atoms. The first-order valence-electron chi connectivity index (χ1n) is 5.20. The molecule has 1 aliphatic rings. The molecule has 6 heteroatoms. The van der Waals surface area contributed by atoms with Gasteiger partial charge in [-0.15, -0.1) is 0 Å². The molecule has 1 atom stereocenters. The molecule has 1 unspecified atom stereocenters. The maximum absolute atomic E-state index is 12.5. The van der Waals surface area contributed by atoms with E-state index in [0.717, 1.165) is 0 Å². The smallest absolute Gasteiger partial charge is 0.407 e.